The van der Waals surface area contributed by atoms with Crippen molar-refractivity contribution in [2.45, 2.75) is 17.7 Å². The average molecular weight is 468 g/mol. The number of fused-ring (bicyclic) bond motifs is 1. The predicted octanol–water partition coefficient (Wildman–Crippen LogP) is 4.37. The highest BCUT2D eigenvalue weighted by Gasteiger charge is 2.17. The molecular formula is C22H21N5O3S2. The summed E-state index contributed by atoms with van der Waals surface area (Å²) >= 11 is 3.08. The lowest BCUT2D eigenvalue weighted by atomic mass is 10.2. The van der Waals surface area contributed by atoms with Gasteiger partial charge in [0.05, 0.1) is 34.7 Å². The number of nitrogens with one attached hydrogen (secondary N) is 1. The number of aromatic nitrogens is 3. The lowest BCUT2D eigenvalue weighted by Gasteiger charge is -2.25. The fourth-order valence-corrected chi connectivity index (χ4v) is 5.31. The molecule has 0 unspecified atom stereocenters. The lowest BCUT2D eigenvalue weighted by Crippen LogP contribution is -2.36. The molecule has 4 heterocycles. The summed E-state index contributed by atoms with van der Waals surface area (Å²) in [6.07, 6.45) is 1.68. The van der Waals surface area contributed by atoms with Crippen LogP contribution in [0, 0.1) is 6.92 Å². The number of amides is 1. The number of ether oxygens (including phenoxy) is 1. The Morgan fingerprint density at radius 3 is 2.94 bits per heavy atom. The number of rotatable bonds is 6. The Morgan fingerprint density at radius 1 is 1.25 bits per heavy atom. The number of aryl methyl sites for hydroxylation is 1. The number of anilines is 2. The Hall–Kier alpha value is -2.95. The molecule has 0 radical (unpaired) electrons. The zero-order valence-electron chi connectivity index (χ0n) is 17.4. The first kappa shape index (κ1) is 20.9. The second-order valence-corrected chi connectivity index (χ2v) is 9.28. The maximum Gasteiger partial charge on any atom is 0.258 e. The summed E-state index contributed by atoms with van der Waals surface area (Å²) in [7, 11) is 0. The summed E-state index contributed by atoms with van der Waals surface area (Å²) in [6, 6.07) is 11.2. The maximum atomic E-state index is 13.0. The highest BCUT2D eigenvalue weighted by Crippen LogP contribution is 2.31. The molecule has 0 spiro atoms. The van der Waals surface area contributed by atoms with Crippen molar-refractivity contribution in [2.24, 2.45) is 0 Å². The third-order valence-corrected chi connectivity index (χ3v) is 7.08. The molecule has 3 aromatic heterocycles. The fourth-order valence-electron chi connectivity index (χ4n) is 3.39. The summed E-state index contributed by atoms with van der Waals surface area (Å²) in [4.78, 5) is 24.4. The quantitative estimate of drug-likeness (QED) is 0.418. The summed E-state index contributed by atoms with van der Waals surface area (Å²) in [6.45, 7) is 4.99. The SMILES string of the molecule is Cc1cc(CSc2ncccc2C(=O)Nc2ccc3nc(N4CCOCC4)sc3c2)no1. The van der Waals surface area contributed by atoms with Crippen LogP contribution >= 0.6 is 23.1 Å². The summed E-state index contributed by atoms with van der Waals surface area (Å²) in [5.74, 6) is 1.13. The molecule has 164 valence electrons. The number of thiazole rings is 1. The number of pyridine rings is 1. The Kier molecular flexibility index (Phi) is 6.06. The van der Waals surface area contributed by atoms with Gasteiger partial charge in [0.2, 0.25) is 0 Å². The minimum absolute atomic E-state index is 0.200. The van der Waals surface area contributed by atoms with Crippen molar-refractivity contribution < 1.29 is 14.1 Å². The van der Waals surface area contributed by atoms with Crippen molar-refractivity contribution in [3.05, 3.63) is 59.6 Å². The van der Waals surface area contributed by atoms with E-state index in [1.165, 1.54) is 11.8 Å². The number of hydrogen-bond donors (Lipinski definition) is 1. The van der Waals surface area contributed by atoms with Crippen LogP contribution in [0.3, 0.4) is 0 Å². The van der Waals surface area contributed by atoms with E-state index in [0.717, 1.165) is 58.8 Å². The van der Waals surface area contributed by atoms with Gasteiger partial charge in [-0.1, -0.05) is 28.3 Å². The Labute approximate surface area is 193 Å². The van der Waals surface area contributed by atoms with Crippen molar-refractivity contribution >= 4 is 50.0 Å². The van der Waals surface area contributed by atoms with Crippen LogP contribution < -0.4 is 10.2 Å². The van der Waals surface area contributed by atoms with Gasteiger partial charge in [0.25, 0.3) is 5.91 Å². The molecule has 8 nitrogen and oxygen atoms in total. The van der Waals surface area contributed by atoms with E-state index < -0.39 is 0 Å². The van der Waals surface area contributed by atoms with Crippen molar-refractivity contribution in [1.82, 2.24) is 15.1 Å². The van der Waals surface area contributed by atoms with Crippen molar-refractivity contribution in [1.29, 1.82) is 0 Å². The zero-order chi connectivity index (χ0) is 21.9. The molecular weight excluding hydrogens is 446 g/mol. The van der Waals surface area contributed by atoms with Gasteiger partial charge >= 0.3 is 0 Å². The van der Waals surface area contributed by atoms with Gasteiger partial charge in [-0.3, -0.25) is 4.79 Å². The third kappa shape index (κ3) is 4.62. The smallest absolute Gasteiger partial charge is 0.258 e. The third-order valence-electron chi connectivity index (χ3n) is 4.97. The molecule has 4 aromatic rings. The summed E-state index contributed by atoms with van der Waals surface area (Å²) in [5.41, 5.74) is 2.99. The monoisotopic (exact) mass is 467 g/mol. The number of benzene rings is 1. The second kappa shape index (κ2) is 9.27. The van der Waals surface area contributed by atoms with E-state index in [0.29, 0.717) is 16.3 Å². The predicted molar refractivity (Wildman–Crippen MR) is 126 cm³/mol. The van der Waals surface area contributed by atoms with E-state index in [1.807, 2.05) is 31.2 Å². The van der Waals surface area contributed by atoms with Gasteiger partial charge in [0.15, 0.2) is 5.13 Å². The fraction of sp³-hybridized carbons (Fsp3) is 0.273. The van der Waals surface area contributed by atoms with Gasteiger partial charge in [-0.2, -0.15) is 0 Å². The molecule has 0 aliphatic carbocycles. The van der Waals surface area contributed by atoms with Crippen LogP contribution in [0.25, 0.3) is 10.2 Å². The topological polar surface area (TPSA) is 93.4 Å². The first-order valence-corrected chi connectivity index (χ1v) is 12.0. The van der Waals surface area contributed by atoms with Crippen LogP contribution in [0.4, 0.5) is 10.8 Å². The van der Waals surface area contributed by atoms with E-state index in [1.54, 1.807) is 29.7 Å². The van der Waals surface area contributed by atoms with Crippen LogP contribution in [0.1, 0.15) is 21.8 Å². The Bertz CT molecular complexity index is 1250. The normalized spacial score (nSPS) is 14.1. The maximum absolute atomic E-state index is 13.0. The molecule has 1 N–H and O–H groups in total. The van der Waals surface area contributed by atoms with Gasteiger partial charge < -0.3 is 19.5 Å². The molecule has 0 saturated carbocycles. The van der Waals surface area contributed by atoms with Gasteiger partial charge in [-0.05, 0) is 37.3 Å². The molecule has 10 heteroatoms. The van der Waals surface area contributed by atoms with E-state index in [9.17, 15) is 4.79 Å². The molecule has 0 bridgehead atoms. The van der Waals surface area contributed by atoms with E-state index in [-0.39, 0.29) is 5.91 Å². The van der Waals surface area contributed by atoms with Crippen LogP contribution in [0.15, 0.2) is 52.1 Å². The minimum atomic E-state index is -0.200. The molecule has 5 rings (SSSR count). The highest BCUT2D eigenvalue weighted by atomic mass is 32.2. The average Bonchev–Trinajstić information content (AvgIpc) is 3.44. The number of hydrogen-bond acceptors (Lipinski definition) is 9. The summed E-state index contributed by atoms with van der Waals surface area (Å²) in [5, 5.41) is 8.64. The first-order chi connectivity index (χ1) is 15.7. The molecule has 1 amide bonds. The van der Waals surface area contributed by atoms with Gasteiger partial charge in [-0.15, -0.1) is 0 Å². The van der Waals surface area contributed by atoms with E-state index >= 15 is 0 Å². The molecule has 0 atom stereocenters. The van der Waals surface area contributed by atoms with E-state index in [4.69, 9.17) is 14.2 Å². The highest BCUT2D eigenvalue weighted by molar-refractivity contribution is 7.98. The molecule has 1 fully saturated rings. The van der Waals surface area contributed by atoms with Crippen molar-refractivity contribution in [3.8, 4) is 0 Å². The Morgan fingerprint density at radius 2 is 2.12 bits per heavy atom. The van der Waals surface area contributed by atoms with Crippen LogP contribution in [0.5, 0.6) is 0 Å². The lowest BCUT2D eigenvalue weighted by molar-refractivity contribution is 0.102. The molecule has 1 aromatic carbocycles. The molecule has 1 aliphatic rings. The number of morpholine rings is 1. The van der Waals surface area contributed by atoms with Crippen molar-refractivity contribution in [2.75, 3.05) is 36.5 Å². The number of nitrogens with zero attached hydrogens (tertiary/aromatic N) is 4. The largest absolute Gasteiger partial charge is 0.378 e. The number of carbonyl (C=O) groups excluding carboxylic acids is 1. The van der Waals surface area contributed by atoms with Gasteiger partial charge in [0, 0.05) is 36.8 Å². The molecule has 32 heavy (non-hydrogen) atoms. The zero-order valence-corrected chi connectivity index (χ0v) is 19.0. The van der Waals surface area contributed by atoms with Crippen LogP contribution in [-0.4, -0.2) is 47.3 Å². The van der Waals surface area contributed by atoms with E-state index in [2.05, 4.69) is 20.4 Å². The second-order valence-electron chi connectivity index (χ2n) is 7.31. The van der Waals surface area contributed by atoms with Crippen molar-refractivity contribution in [3.63, 3.8) is 0 Å². The minimum Gasteiger partial charge on any atom is -0.378 e. The molecule has 1 saturated heterocycles. The molecule has 1 aliphatic heterocycles. The number of thioether (sulfide) groups is 1. The Balaban J connectivity index is 1.31. The summed E-state index contributed by atoms with van der Waals surface area (Å²) < 4.78 is 11.6. The standard InChI is InChI=1S/C22H21N5O3S2/c1-14-11-16(26-30-14)13-31-21-17(3-2-6-23-21)20(28)24-15-4-5-18-19(12-15)32-22(25-18)27-7-9-29-10-8-27/h2-6,11-12H,7-10,13H2,1H3,(H,24,28). The van der Waals surface area contributed by atoms with Crippen LogP contribution in [0.2, 0.25) is 0 Å². The van der Waals surface area contributed by atoms with Crippen LogP contribution in [-0.2, 0) is 10.5 Å². The van der Waals surface area contributed by atoms with Gasteiger partial charge in [-0.25, -0.2) is 9.97 Å². The first-order valence-electron chi connectivity index (χ1n) is 10.2. The number of carbonyl (C=O) groups is 1. The van der Waals surface area contributed by atoms with Gasteiger partial charge in [0.1, 0.15) is 10.8 Å².